The highest BCUT2D eigenvalue weighted by Gasteiger charge is 2.34. The van der Waals surface area contributed by atoms with Crippen molar-refractivity contribution < 1.29 is 9.59 Å². The van der Waals surface area contributed by atoms with Gasteiger partial charge in [-0.15, -0.1) is 0 Å². The zero-order valence-corrected chi connectivity index (χ0v) is 16.5. The molecule has 0 saturated carbocycles. The smallest absolute Gasteiger partial charge is 0.229 e. The van der Waals surface area contributed by atoms with E-state index in [4.69, 9.17) is 0 Å². The number of nitrogens with one attached hydrogen (secondary N) is 1. The maximum absolute atomic E-state index is 12.5. The molecule has 0 radical (unpaired) electrons. The summed E-state index contributed by atoms with van der Waals surface area (Å²) in [6.07, 6.45) is 0.279. The summed E-state index contributed by atoms with van der Waals surface area (Å²) < 4.78 is 1.13. The first-order chi connectivity index (χ1) is 11.9. The molecule has 5 heteroatoms. The van der Waals surface area contributed by atoms with Crippen LogP contribution in [-0.2, 0) is 16.1 Å². The summed E-state index contributed by atoms with van der Waals surface area (Å²) in [5.74, 6) is -0.333. The standard InChI is InChI=1S/C20H21IN2O2/c1-13-3-5-15(6-4-13)11-23-12-16(10-19(23)24)20(25)22-18-8-7-17(21)9-14(18)2/h3-9,16H,10-12H2,1-2H3,(H,22,25). The van der Waals surface area contributed by atoms with Gasteiger partial charge in [0, 0.05) is 28.8 Å². The van der Waals surface area contributed by atoms with Crippen molar-refractivity contribution in [2.45, 2.75) is 26.8 Å². The van der Waals surface area contributed by atoms with Crippen molar-refractivity contribution in [3.05, 3.63) is 62.7 Å². The summed E-state index contributed by atoms with van der Waals surface area (Å²) in [6, 6.07) is 14.1. The second-order valence-electron chi connectivity index (χ2n) is 6.61. The molecule has 130 valence electrons. The van der Waals surface area contributed by atoms with Crippen LogP contribution in [0.4, 0.5) is 5.69 Å². The molecule has 0 aliphatic carbocycles. The first-order valence-corrected chi connectivity index (χ1v) is 9.40. The maximum atomic E-state index is 12.5. The summed E-state index contributed by atoms with van der Waals surface area (Å²) in [6.45, 7) is 5.05. The van der Waals surface area contributed by atoms with E-state index in [1.165, 1.54) is 5.56 Å². The van der Waals surface area contributed by atoms with E-state index in [1.54, 1.807) is 4.90 Å². The predicted octanol–water partition coefficient (Wildman–Crippen LogP) is 3.90. The molecule has 1 aliphatic heterocycles. The van der Waals surface area contributed by atoms with Gasteiger partial charge in [-0.1, -0.05) is 29.8 Å². The van der Waals surface area contributed by atoms with E-state index in [1.807, 2.05) is 56.3 Å². The van der Waals surface area contributed by atoms with Gasteiger partial charge in [0.1, 0.15) is 0 Å². The molecule has 3 rings (SSSR count). The molecule has 2 aromatic rings. The fourth-order valence-corrected chi connectivity index (χ4v) is 3.66. The average Bonchev–Trinajstić information content (AvgIpc) is 2.93. The van der Waals surface area contributed by atoms with E-state index in [9.17, 15) is 9.59 Å². The van der Waals surface area contributed by atoms with Gasteiger partial charge in [-0.2, -0.15) is 0 Å². The topological polar surface area (TPSA) is 49.4 Å². The molecule has 1 fully saturated rings. The van der Waals surface area contributed by atoms with Crippen molar-refractivity contribution in [1.82, 2.24) is 4.90 Å². The van der Waals surface area contributed by atoms with E-state index < -0.39 is 0 Å². The van der Waals surface area contributed by atoms with Gasteiger partial charge in [0.2, 0.25) is 11.8 Å². The minimum Gasteiger partial charge on any atom is -0.338 e. The van der Waals surface area contributed by atoms with Crippen LogP contribution in [0.2, 0.25) is 0 Å². The highest BCUT2D eigenvalue weighted by Crippen LogP contribution is 2.24. The van der Waals surface area contributed by atoms with Crippen molar-refractivity contribution in [3.8, 4) is 0 Å². The number of benzene rings is 2. The quantitative estimate of drug-likeness (QED) is 0.722. The Labute approximate surface area is 161 Å². The molecule has 2 aromatic carbocycles. The van der Waals surface area contributed by atoms with Crippen LogP contribution in [0, 0.1) is 23.3 Å². The van der Waals surface area contributed by atoms with E-state index in [-0.39, 0.29) is 24.2 Å². The molecule has 1 heterocycles. The Bertz CT molecular complexity index is 802. The summed E-state index contributed by atoms with van der Waals surface area (Å²) in [7, 11) is 0. The van der Waals surface area contributed by atoms with Crippen molar-refractivity contribution in [1.29, 1.82) is 0 Å². The molecule has 25 heavy (non-hydrogen) atoms. The van der Waals surface area contributed by atoms with Crippen LogP contribution >= 0.6 is 22.6 Å². The Balaban J connectivity index is 1.63. The first kappa shape index (κ1) is 17.9. The molecule has 0 aromatic heterocycles. The summed E-state index contributed by atoms with van der Waals surface area (Å²) in [5, 5.41) is 2.97. The number of hydrogen-bond donors (Lipinski definition) is 1. The lowest BCUT2D eigenvalue weighted by atomic mass is 10.1. The average molecular weight is 448 g/mol. The molecule has 1 N–H and O–H groups in total. The van der Waals surface area contributed by atoms with Gasteiger partial charge in [-0.05, 0) is 65.8 Å². The number of hydrogen-bond acceptors (Lipinski definition) is 2. The highest BCUT2D eigenvalue weighted by molar-refractivity contribution is 14.1. The Hall–Kier alpha value is -1.89. The number of rotatable bonds is 4. The largest absolute Gasteiger partial charge is 0.338 e. The van der Waals surface area contributed by atoms with E-state index >= 15 is 0 Å². The molecule has 4 nitrogen and oxygen atoms in total. The van der Waals surface area contributed by atoms with Crippen molar-refractivity contribution >= 4 is 40.1 Å². The van der Waals surface area contributed by atoms with E-state index in [0.717, 1.165) is 20.4 Å². The van der Waals surface area contributed by atoms with Gasteiger partial charge >= 0.3 is 0 Å². The second kappa shape index (κ2) is 7.56. The zero-order chi connectivity index (χ0) is 18.0. The normalized spacial score (nSPS) is 17.0. The molecule has 2 amide bonds. The number of likely N-dealkylation sites (tertiary alicyclic amines) is 1. The highest BCUT2D eigenvalue weighted by atomic mass is 127. The molecular weight excluding hydrogens is 427 g/mol. The van der Waals surface area contributed by atoms with Crippen LogP contribution in [0.25, 0.3) is 0 Å². The van der Waals surface area contributed by atoms with Crippen LogP contribution in [0.1, 0.15) is 23.1 Å². The van der Waals surface area contributed by atoms with Crippen molar-refractivity contribution in [3.63, 3.8) is 0 Å². The molecule has 1 saturated heterocycles. The fraction of sp³-hybridized carbons (Fsp3) is 0.300. The maximum Gasteiger partial charge on any atom is 0.229 e. The minimum absolute atomic E-state index is 0.0417. The van der Waals surface area contributed by atoms with Gasteiger partial charge in [-0.3, -0.25) is 9.59 Å². The van der Waals surface area contributed by atoms with E-state index in [0.29, 0.717) is 13.1 Å². The lowest BCUT2D eigenvalue weighted by Gasteiger charge is -2.17. The number of carbonyl (C=O) groups is 2. The third kappa shape index (κ3) is 4.39. The predicted molar refractivity (Wildman–Crippen MR) is 107 cm³/mol. The Kier molecular flexibility index (Phi) is 5.42. The van der Waals surface area contributed by atoms with Crippen LogP contribution in [0.15, 0.2) is 42.5 Å². The van der Waals surface area contributed by atoms with E-state index in [2.05, 4.69) is 27.9 Å². The molecule has 0 spiro atoms. The number of halogens is 1. The van der Waals surface area contributed by atoms with Crippen molar-refractivity contribution in [2.24, 2.45) is 5.92 Å². The SMILES string of the molecule is Cc1ccc(CN2CC(C(=O)Nc3ccc(I)cc3C)CC2=O)cc1. The Morgan fingerprint density at radius 2 is 1.92 bits per heavy atom. The lowest BCUT2D eigenvalue weighted by Crippen LogP contribution is -2.28. The van der Waals surface area contributed by atoms with Gasteiger partial charge in [0.25, 0.3) is 0 Å². The van der Waals surface area contributed by atoms with Crippen LogP contribution < -0.4 is 5.32 Å². The Morgan fingerprint density at radius 3 is 2.60 bits per heavy atom. The zero-order valence-electron chi connectivity index (χ0n) is 14.4. The molecule has 1 aliphatic rings. The summed E-state index contributed by atoms with van der Waals surface area (Å²) >= 11 is 2.25. The Morgan fingerprint density at radius 1 is 1.20 bits per heavy atom. The molecule has 1 atom stereocenters. The summed E-state index contributed by atoms with van der Waals surface area (Å²) in [5.41, 5.74) is 4.13. The van der Waals surface area contributed by atoms with Crippen LogP contribution in [0.5, 0.6) is 0 Å². The third-order valence-electron chi connectivity index (χ3n) is 4.53. The molecule has 0 bridgehead atoms. The van der Waals surface area contributed by atoms with Crippen molar-refractivity contribution in [2.75, 3.05) is 11.9 Å². The monoisotopic (exact) mass is 448 g/mol. The minimum atomic E-state index is -0.295. The summed E-state index contributed by atoms with van der Waals surface area (Å²) in [4.78, 5) is 26.6. The van der Waals surface area contributed by atoms with Crippen LogP contribution in [0.3, 0.4) is 0 Å². The second-order valence-corrected chi connectivity index (χ2v) is 7.86. The van der Waals surface area contributed by atoms with Crippen LogP contribution in [-0.4, -0.2) is 23.3 Å². The molecular formula is C20H21IN2O2. The number of carbonyl (C=O) groups excluding carboxylic acids is 2. The van der Waals surface area contributed by atoms with Gasteiger partial charge in [0.05, 0.1) is 5.92 Å². The van der Waals surface area contributed by atoms with Gasteiger partial charge < -0.3 is 10.2 Å². The third-order valence-corrected chi connectivity index (χ3v) is 5.20. The van der Waals surface area contributed by atoms with Gasteiger partial charge in [0.15, 0.2) is 0 Å². The number of anilines is 1. The molecule has 1 unspecified atom stereocenters. The van der Waals surface area contributed by atoms with Gasteiger partial charge in [-0.25, -0.2) is 0 Å². The fourth-order valence-electron chi connectivity index (χ4n) is 3.02. The lowest BCUT2D eigenvalue weighted by molar-refractivity contribution is -0.128. The first-order valence-electron chi connectivity index (χ1n) is 8.32. The number of nitrogens with zero attached hydrogens (tertiary/aromatic N) is 1. The number of amides is 2. The number of aryl methyl sites for hydroxylation is 2.